The Morgan fingerprint density at radius 2 is 2.08 bits per heavy atom. The zero-order chi connectivity index (χ0) is 19.1. The number of methoxy groups -OCH3 is 1. The predicted molar refractivity (Wildman–Crippen MR) is 92.6 cm³/mol. The van der Waals surface area contributed by atoms with E-state index < -0.39 is 17.9 Å². The second kappa shape index (κ2) is 8.77. The van der Waals surface area contributed by atoms with E-state index in [1.54, 1.807) is 38.3 Å². The van der Waals surface area contributed by atoms with Crippen LogP contribution in [0.15, 0.2) is 36.9 Å². The van der Waals surface area contributed by atoms with Gasteiger partial charge in [0, 0.05) is 0 Å². The van der Waals surface area contributed by atoms with E-state index in [0.717, 1.165) is 0 Å². The van der Waals surface area contributed by atoms with Crippen molar-refractivity contribution in [2.45, 2.75) is 13.0 Å². The maximum absolute atomic E-state index is 12.4. The number of nitrogens with one attached hydrogen (secondary N) is 1. The van der Waals surface area contributed by atoms with Crippen LogP contribution in [0.4, 0.5) is 0 Å². The Bertz CT molecular complexity index is 785. The Morgan fingerprint density at radius 1 is 1.38 bits per heavy atom. The topological polar surface area (TPSA) is 116 Å². The number of amides is 1. The first-order valence-electron chi connectivity index (χ1n) is 7.77. The number of benzene rings is 1. The summed E-state index contributed by atoms with van der Waals surface area (Å²) in [6, 6.07) is 5.85. The lowest BCUT2D eigenvalue weighted by atomic mass is 10.2. The maximum Gasteiger partial charge on any atom is 0.328 e. The van der Waals surface area contributed by atoms with E-state index >= 15 is 0 Å². The standard InChI is InChI=1S/C17H20N4O5/c1-4-9-26-10-14(17(23)24)18-16(22)15-11(2)21(20-19-15)12-5-7-13(25-3)8-6-12/h4-8,14H,1,9-10H2,2-3H3,(H,18,22)(H,23,24). The maximum atomic E-state index is 12.4. The first-order chi connectivity index (χ1) is 12.5. The lowest BCUT2D eigenvalue weighted by Gasteiger charge is -2.13. The van der Waals surface area contributed by atoms with Crippen LogP contribution in [-0.2, 0) is 9.53 Å². The van der Waals surface area contributed by atoms with Gasteiger partial charge in [0.1, 0.15) is 5.75 Å². The van der Waals surface area contributed by atoms with Crippen LogP contribution in [-0.4, -0.2) is 58.3 Å². The second-order valence-corrected chi connectivity index (χ2v) is 5.32. The fourth-order valence-corrected chi connectivity index (χ4v) is 2.18. The molecular formula is C17H20N4O5. The monoisotopic (exact) mass is 360 g/mol. The molecule has 9 heteroatoms. The van der Waals surface area contributed by atoms with E-state index in [2.05, 4.69) is 22.2 Å². The number of rotatable bonds is 9. The summed E-state index contributed by atoms with van der Waals surface area (Å²) in [6.07, 6.45) is 1.49. The van der Waals surface area contributed by atoms with Gasteiger partial charge in [-0.05, 0) is 31.2 Å². The molecule has 1 atom stereocenters. The third-order valence-corrected chi connectivity index (χ3v) is 3.55. The van der Waals surface area contributed by atoms with E-state index in [1.807, 2.05) is 0 Å². The molecule has 2 aromatic rings. The summed E-state index contributed by atoms with van der Waals surface area (Å²) in [4.78, 5) is 23.6. The molecule has 0 saturated carbocycles. The summed E-state index contributed by atoms with van der Waals surface area (Å²) >= 11 is 0. The highest BCUT2D eigenvalue weighted by Gasteiger charge is 2.24. The molecule has 0 aliphatic carbocycles. The Morgan fingerprint density at radius 3 is 2.65 bits per heavy atom. The minimum Gasteiger partial charge on any atom is -0.497 e. The quantitative estimate of drug-likeness (QED) is 0.506. The van der Waals surface area contributed by atoms with Crippen LogP contribution in [0.3, 0.4) is 0 Å². The average Bonchev–Trinajstić information content (AvgIpc) is 3.02. The fourth-order valence-electron chi connectivity index (χ4n) is 2.18. The van der Waals surface area contributed by atoms with Crippen LogP contribution in [0.2, 0.25) is 0 Å². The van der Waals surface area contributed by atoms with E-state index in [4.69, 9.17) is 9.47 Å². The molecule has 138 valence electrons. The first-order valence-corrected chi connectivity index (χ1v) is 7.77. The fraction of sp³-hybridized carbons (Fsp3) is 0.294. The van der Waals surface area contributed by atoms with Gasteiger partial charge in [0.2, 0.25) is 0 Å². The molecule has 0 aliphatic rings. The summed E-state index contributed by atoms with van der Waals surface area (Å²) in [5.41, 5.74) is 1.21. The van der Waals surface area contributed by atoms with Crippen molar-refractivity contribution < 1.29 is 24.2 Å². The number of hydrogen-bond donors (Lipinski definition) is 2. The normalized spacial score (nSPS) is 11.6. The van der Waals surface area contributed by atoms with Crippen molar-refractivity contribution in [3.8, 4) is 11.4 Å². The summed E-state index contributed by atoms with van der Waals surface area (Å²) < 4.78 is 11.7. The molecule has 2 rings (SSSR count). The number of nitrogens with zero attached hydrogens (tertiary/aromatic N) is 3. The number of aromatic nitrogens is 3. The van der Waals surface area contributed by atoms with Crippen LogP contribution in [0.1, 0.15) is 16.2 Å². The number of ether oxygens (including phenoxy) is 2. The molecule has 2 N–H and O–H groups in total. The average molecular weight is 360 g/mol. The van der Waals surface area contributed by atoms with E-state index in [9.17, 15) is 14.7 Å². The van der Waals surface area contributed by atoms with Crippen molar-refractivity contribution in [1.29, 1.82) is 0 Å². The number of carbonyl (C=O) groups excluding carboxylic acids is 1. The van der Waals surface area contributed by atoms with Crippen molar-refractivity contribution in [3.63, 3.8) is 0 Å². The molecule has 0 fully saturated rings. The minimum absolute atomic E-state index is 0.0378. The van der Waals surface area contributed by atoms with Gasteiger partial charge in [-0.2, -0.15) is 0 Å². The largest absolute Gasteiger partial charge is 0.497 e. The van der Waals surface area contributed by atoms with Gasteiger partial charge in [0.05, 0.1) is 31.7 Å². The van der Waals surface area contributed by atoms with Gasteiger partial charge in [0.25, 0.3) is 5.91 Å². The third-order valence-electron chi connectivity index (χ3n) is 3.55. The number of carbonyl (C=O) groups is 2. The van der Waals surface area contributed by atoms with Crippen molar-refractivity contribution >= 4 is 11.9 Å². The molecule has 0 spiro atoms. The van der Waals surface area contributed by atoms with Crippen LogP contribution in [0.25, 0.3) is 5.69 Å². The molecule has 9 nitrogen and oxygen atoms in total. The number of hydrogen-bond acceptors (Lipinski definition) is 6. The van der Waals surface area contributed by atoms with Crippen LogP contribution >= 0.6 is 0 Å². The predicted octanol–water partition coefficient (Wildman–Crippen LogP) is 0.970. The van der Waals surface area contributed by atoms with Gasteiger partial charge >= 0.3 is 5.97 Å². The molecule has 0 bridgehead atoms. The van der Waals surface area contributed by atoms with Crippen LogP contribution in [0, 0.1) is 6.92 Å². The molecule has 1 unspecified atom stereocenters. The van der Waals surface area contributed by atoms with Crippen LogP contribution < -0.4 is 10.1 Å². The molecule has 0 aliphatic heterocycles. The third kappa shape index (κ3) is 4.45. The smallest absolute Gasteiger partial charge is 0.328 e. The van der Waals surface area contributed by atoms with E-state index in [1.165, 1.54) is 10.8 Å². The van der Waals surface area contributed by atoms with Crippen molar-refractivity contribution in [1.82, 2.24) is 20.3 Å². The Balaban J connectivity index is 2.15. The van der Waals surface area contributed by atoms with E-state index in [-0.39, 0.29) is 18.9 Å². The van der Waals surface area contributed by atoms with Gasteiger partial charge in [-0.15, -0.1) is 11.7 Å². The summed E-state index contributed by atoms with van der Waals surface area (Å²) in [7, 11) is 1.57. The zero-order valence-corrected chi connectivity index (χ0v) is 14.5. The highest BCUT2D eigenvalue weighted by molar-refractivity contribution is 5.95. The van der Waals surface area contributed by atoms with Crippen molar-refractivity contribution in [2.75, 3.05) is 20.3 Å². The lowest BCUT2D eigenvalue weighted by molar-refractivity contribution is -0.140. The summed E-state index contributed by atoms with van der Waals surface area (Å²) in [5.74, 6) is -1.16. The summed E-state index contributed by atoms with van der Waals surface area (Å²) in [6.45, 7) is 5.15. The molecule has 26 heavy (non-hydrogen) atoms. The Hall–Kier alpha value is -3.20. The van der Waals surface area contributed by atoms with Gasteiger partial charge in [0.15, 0.2) is 11.7 Å². The molecule has 1 heterocycles. The van der Waals surface area contributed by atoms with Crippen molar-refractivity contribution in [2.24, 2.45) is 0 Å². The highest BCUT2D eigenvalue weighted by atomic mass is 16.5. The molecule has 1 aromatic heterocycles. The Kier molecular flexibility index (Phi) is 6.45. The minimum atomic E-state index is -1.21. The highest BCUT2D eigenvalue weighted by Crippen LogP contribution is 2.16. The van der Waals surface area contributed by atoms with Gasteiger partial charge in [-0.1, -0.05) is 11.3 Å². The Labute approximate surface area is 150 Å². The zero-order valence-electron chi connectivity index (χ0n) is 14.5. The van der Waals surface area contributed by atoms with Gasteiger partial charge < -0.3 is 19.9 Å². The van der Waals surface area contributed by atoms with Gasteiger partial charge in [-0.25, -0.2) is 9.48 Å². The van der Waals surface area contributed by atoms with E-state index in [0.29, 0.717) is 17.1 Å². The van der Waals surface area contributed by atoms with Gasteiger partial charge in [-0.3, -0.25) is 4.79 Å². The molecular weight excluding hydrogens is 340 g/mol. The summed E-state index contributed by atoms with van der Waals surface area (Å²) in [5, 5.41) is 19.4. The number of carboxylic acid groups (broad SMARTS) is 1. The number of aliphatic carboxylic acids is 1. The molecule has 0 radical (unpaired) electrons. The van der Waals surface area contributed by atoms with Crippen molar-refractivity contribution in [3.05, 3.63) is 48.3 Å². The molecule has 1 amide bonds. The molecule has 1 aromatic carbocycles. The number of carboxylic acids is 1. The SMILES string of the molecule is C=CCOCC(NC(=O)c1nnn(-c2ccc(OC)cc2)c1C)C(=O)O. The van der Waals surface area contributed by atoms with Crippen LogP contribution in [0.5, 0.6) is 5.75 Å². The second-order valence-electron chi connectivity index (χ2n) is 5.32. The lowest BCUT2D eigenvalue weighted by Crippen LogP contribution is -2.44. The molecule has 0 saturated heterocycles. The first kappa shape index (κ1) is 19.1.